The van der Waals surface area contributed by atoms with Gasteiger partial charge in [-0.25, -0.2) is 9.97 Å². The summed E-state index contributed by atoms with van der Waals surface area (Å²) < 4.78 is 0. The first kappa shape index (κ1) is 11.4. The maximum absolute atomic E-state index is 10.9. The lowest BCUT2D eigenvalue weighted by atomic mass is 10.3. The van der Waals surface area contributed by atoms with Gasteiger partial charge in [0.25, 0.3) is 5.91 Å². The molecule has 0 radical (unpaired) electrons. The molecule has 1 amide bonds. The third-order valence-corrected chi connectivity index (χ3v) is 1.16. The Balaban J connectivity index is 0.000000671. The van der Waals surface area contributed by atoms with Crippen molar-refractivity contribution in [3.63, 3.8) is 0 Å². The minimum absolute atomic E-state index is 0.164. The quantitative estimate of drug-likeness (QED) is 0.660. The zero-order valence-electron chi connectivity index (χ0n) is 8.03. The monoisotopic (exact) mass is 182 g/mol. The van der Waals surface area contributed by atoms with Gasteiger partial charge < -0.3 is 11.1 Å². The molecular formula is C8H14N4O. The zero-order chi connectivity index (χ0) is 10.3. The minimum atomic E-state index is -0.218. The summed E-state index contributed by atoms with van der Waals surface area (Å²) in [6.45, 7) is 4.00. The molecule has 0 saturated heterocycles. The van der Waals surface area contributed by atoms with Crippen LogP contribution < -0.4 is 11.1 Å². The largest absolute Gasteiger partial charge is 0.368 e. The van der Waals surface area contributed by atoms with E-state index in [1.54, 1.807) is 7.05 Å². The number of nitrogens with two attached hydrogens (primary N) is 1. The predicted octanol–water partition coefficient (Wildman–Crippen LogP) is 0.445. The van der Waals surface area contributed by atoms with Crippen LogP contribution in [0, 0.1) is 0 Å². The van der Waals surface area contributed by atoms with E-state index in [1.165, 1.54) is 12.4 Å². The van der Waals surface area contributed by atoms with E-state index in [0.29, 0.717) is 5.56 Å². The second kappa shape index (κ2) is 5.93. The van der Waals surface area contributed by atoms with E-state index in [2.05, 4.69) is 15.3 Å². The molecule has 1 rings (SSSR count). The summed E-state index contributed by atoms with van der Waals surface area (Å²) in [6.07, 6.45) is 2.75. The van der Waals surface area contributed by atoms with Crippen LogP contribution in [0.1, 0.15) is 24.2 Å². The van der Waals surface area contributed by atoms with E-state index in [4.69, 9.17) is 5.73 Å². The summed E-state index contributed by atoms with van der Waals surface area (Å²) >= 11 is 0. The van der Waals surface area contributed by atoms with Crippen molar-refractivity contribution in [3.8, 4) is 0 Å². The van der Waals surface area contributed by atoms with E-state index >= 15 is 0 Å². The minimum Gasteiger partial charge on any atom is -0.368 e. The van der Waals surface area contributed by atoms with Gasteiger partial charge in [0.2, 0.25) is 5.95 Å². The van der Waals surface area contributed by atoms with Crippen molar-refractivity contribution in [2.24, 2.45) is 0 Å². The fraction of sp³-hybridized carbons (Fsp3) is 0.375. The number of hydrogen-bond donors (Lipinski definition) is 2. The van der Waals surface area contributed by atoms with Crippen LogP contribution in [0.15, 0.2) is 12.4 Å². The van der Waals surface area contributed by atoms with Crippen LogP contribution in [-0.4, -0.2) is 22.9 Å². The van der Waals surface area contributed by atoms with Gasteiger partial charge in [0.05, 0.1) is 5.56 Å². The average Bonchev–Trinajstić information content (AvgIpc) is 2.21. The van der Waals surface area contributed by atoms with E-state index < -0.39 is 0 Å². The summed E-state index contributed by atoms with van der Waals surface area (Å²) in [4.78, 5) is 18.2. The topological polar surface area (TPSA) is 80.9 Å². The van der Waals surface area contributed by atoms with Crippen molar-refractivity contribution >= 4 is 11.9 Å². The van der Waals surface area contributed by atoms with Crippen LogP contribution >= 0.6 is 0 Å². The summed E-state index contributed by atoms with van der Waals surface area (Å²) in [6, 6.07) is 0. The molecule has 0 bridgehead atoms. The van der Waals surface area contributed by atoms with Gasteiger partial charge >= 0.3 is 0 Å². The molecule has 0 atom stereocenters. The van der Waals surface area contributed by atoms with Crippen molar-refractivity contribution in [3.05, 3.63) is 18.0 Å². The Morgan fingerprint density at radius 1 is 1.38 bits per heavy atom. The third kappa shape index (κ3) is 3.50. The maximum atomic E-state index is 10.9. The van der Waals surface area contributed by atoms with Crippen molar-refractivity contribution < 1.29 is 4.79 Å². The number of amides is 1. The van der Waals surface area contributed by atoms with Crippen molar-refractivity contribution in [1.82, 2.24) is 15.3 Å². The lowest BCUT2D eigenvalue weighted by molar-refractivity contribution is 0.0962. The molecule has 5 heteroatoms. The first-order chi connectivity index (χ1) is 6.24. The molecule has 0 fully saturated rings. The standard InChI is InChI=1S/C6H8N4O.C2H6/c1-8-5(11)4-2-9-6(7)10-3-4;1-2/h2-3H,1H3,(H,8,11)(H2,7,9,10);1-2H3. The molecule has 0 aliphatic carbocycles. The molecule has 0 unspecified atom stereocenters. The molecule has 1 aromatic rings. The Hall–Kier alpha value is -1.65. The smallest absolute Gasteiger partial charge is 0.254 e. The highest BCUT2D eigenvalue weighted by Gasteiger charge is 2.01. The normalized spacial score (nSPS) is 8.23. The zero-order valence-corrected chi connectivity index (χ0v) is 8.03. The van der Waals surface area contributed by atoms with Gasteiger partial charge in [0.15, 0.2) is 0 Å². The molecular weight excluding hydrogens is 168 g/mol. The lowest BCUT2D eigenvalue weighted by Gasteiger charge is -1.96. The number of carbonyl (C=O) groups excluding carboxylic acids is 1. The number of nitrogen functional groups attached to an aromatic ring is 1. The lowest BCUT2D eigenvalue weighted by Crippen LogP contribution is -2.18. The van der Waals surface area contributed by atoms with Crippen LogP contribution in [0.2, 0.25) is 0 Å². The second-order valence-corrected chi connectivity index (χ2v) is 1.91. The molecule has 5 nitrogen and oxygen atoms in total. The molecule has 0 saturated carbocycles. The van der Waals surface area contributed by atoms with Gasteiger partial charge in [-0.3, -0.25) is 4.79 Å². The predicted molar refractivity (Wildman–Crippen MR) is 51.2 cm³/mol. The molecule has 0 aliphatic rings. The molecule has 0 spiro atoms. The first-order valence-electron chi connectivity index (χ1n) is 4.03. The Morgan fingerprint density at radius 3 is 2.23 bits per heavy atom. The number of hydrogen-bond acceptors (Lipinski definition) is 4. The van der Waals surface area contributed by atoms with Gasteiger partial charge in [0.1, 0.15) is 0 Å². The molecule has 13 heavy (non-hydrogen) atoms. The number of carbonyl (C=O) groups is 1. The summed E-state index contributed by atoms with van der Waals surface area (Å²) in [5, 5.41) is 2.44. The summed E-state index contributed by atoms with van der Waals surface area (Å²) in [7, 11) is 1.54. The average molecular weight is 182 g/mol. The van der Waals surface area contributed by atoms with Crippen LogP contribution in [0.3, 0.4) is 0 Å². The molecule has 72 valence electrons. The molecule has 3 N–H and O–H groups in total. The number of anilines is 1. The van der Waals surface area contributed by atoms with Gasteiger partial charge in [-0.2, -0.15) is 0 Å². The fourth-order valence-corrected chi connectivity index (χ4v) is 0.600. The SMILES string of the molecule is CC.CNC(=O)c1cnc(N)nc1. The van der Waals surface area contributed by atoms with E-state index in [9.17, 15) is 4.79 Å². The van der Waals surface area contributed by atoms with E-state index in [-0.39, 0.29) is 11.9 Å². The second-order valence-electron chi connectivity index (χ2n) is 1.91. The first-order valence-corrected chi connectivity index (χ1v) is 4.03. The van der Waals surface area contributed by atoms with Gasteiger partial charge in [-0.1, -0.05) is 13.8 Å². The highest BCUT2D eigenvalue weighted by Crippen LogP contribution is 1.95. The van der Waals surface area contributed by atoms with Crippen molar-refractivity contribution in [1.29, 1.82) is 0 Å². The Kier molecular flexibility index (Phi) is 5.18. The molecule has 0 aliphatic heterocycles. The molecule has 1 heterocycles. The van der Waals surface area contributed by atoms with Gasteiger partial charge in [0, 0.05) is 19.4 Å². The highest BCUT2D eigenvalue weighted by atomic mass is 16.1. The van der Waals surface area contributed by atoms with Crippen molar-refractivity contribution in [2.75, 3.05) is 12.8 Å². The van der Waals surface area contributed by atoms with E-state index in [1.807, 2.05) is 13.8 Å². The Morgan fingerprint density at radius 2 is 1.85 bits per heavy atom. The third-order valence-electron chi connectivity index (χ3n) is 1.16. The summed E-state index contributed by atoms with van der Waals surface area (Å²) in [5.41, 5.74) is 5.62. The maximum Gasteiger partial charge on any atom is 0.254 e. The van der Waals surface area contributed by atoms with Crippen molar-refractivity contribution in [2.45, 2.75) is 13.8 Å². The van der Waals surface area contributed by atoms with E-state index in [0.717, 1.165) is 0 Å². The highest BCUT2D eigenvalue weighted by molar-refractivity contribution is 5.93. The Bertz CT molecular complexity index is 257. The number of aromatic nitrogens is 2. The number of rotatable bonds is 1. The Labute approximate surface area is 77.4 Å². The van der Waals surface area contributed by atoms with Gasteiger partial charge in [-0.15, -0.1) is 0 Å². The fourth-order valence-electron chi connectivity index (χ4n) is 0.600. The van der Waals surface area contributed by atoms with Gasteiger partial charge in [-0.05, 0) is 0 Å². The summed E-state index contributed by atoms with van der Waals surface area (Å²) in [5.74, 6) is -0.0531. The van der Waals surface area contributed by atoms with Crippen LogP contribution in [0.4, 0.5) is 5.95 Å². The van der Waals surface area contributed by atoms with Crippen LogP contribution in [0.5, 0.6) is 0 Å². The molecule has 0 aromatic carbocycles. The van der Waals surface area contributed by atoms with Crippen LogP contribution in [0.25, 0.3) is 0 Å². The van der Waals surface area contributed by atoms with Crippen LogP contribution in [-0.2, 0) is 0 Å². The number of nitrogens with zero attached hydrogens (tertiary/aromatic N) is 2. The number of nitrogens with one attached hydrogen (secondary N) is 1. The molecule has 1 aromatic heterocycles.